The van der Waals surface area contributed by atoms with E-state index in [9.17, 15) is 9.59 Å². The number of rotatable bonds is 10. The van der Waals surface area contributed by atoms with Gasteiger partial charge >= 0.3 is 0 Å². The molecule has 4 nitrogen and oxygen atoms in total. The molecule has 2 rings (SSSR count). The number of halogens is 3. The maximum Gasteiger partial charge on any atom is 0.242 e. The normalized spacial score (nSPS) is 11.8. The second-order valence-corrected chi connectivity index (χ2v) is 9.12. The highest BCUT2D eigenvalue weighted by atomic mass is 35.5. The van der Waals surface area contributed by atoms with Crippen LogP contribution < -0.4 is 5.32 Å². The van der Waals surface area contributed by atoms with Gasteiger partial charge in [0.1, 0.15) is 6.04 Å². The lowest BCUT2D eigenvalue weighted by molar-refractivity contribution is -0.140. The third kappa shape index (κ3) is 7.38. The molecule has 0 aliphatic heterocycles. The Morgan fingerprint density at radius 3 is 2.30 bits per heavy atom. The first-order chi connectivity index (χ1) is 14.3. The predicted molar refractivity (Wildman–Crippen MR) is 127 cm³/mol. The zero-order valence-corrected chi connectivity index (χ0v) is 20.0. The van der Waals surface area contributed by atoms with Gasteiger partial charge in [-0.25, -0.2) is 0 Å². The summed E-state index contributed by atoms with van der Waals surface area (Å²) in [6.45, 7) is 4.24. The molecule has 0 fully saturated rings. The van der Waals surface area contributed by atoms with E-state index >= 15 is 0 Å². The van der Waals surface area contributed by atoms with E-state index in [1.54, 1.807) is 41.8 Å². The molecule has 0 saturated heterocycles. The molecule has 0 aliphatic carbocycles. The quantitative estimate of drug-likeness (QED) is 0.327. The smallest absolute Gasteiger partial charge is 0.242 e. The summed E-state index contributed by atoms with van der Waals surface area (Å²) in [5.74, 6) is 0.467. The number of likely N-dealkylation sites (N-methyl/N-ethyl adjacent to an activating group) is 1. The first kappa shape index (κ1) is 24.9. The lowest BCUT2D eigenvalue weighted by atomic mass is 10.1. The van der Waals surface area contributed by atoms with Crippen LogP contribution in [0.15, 0.2) is 47.4 Å². The molecule has 0 aromatic heterocycles. The fourth-order valence-corrected chi connectivity index (χ4v) is 4.34. The number of nitrogens with one attached hydrogen (secondary N) is 1. The van der Waals surface area contributed by atoms with Crippen molar-refractivity contribution in [2.75, 3.05) is 12.3 Å². The summed E-state index contributed by atoms with van der Waals surface area (Å²) >= 11 is 20.2. The van der Waals surface area contributed by atoms with E-state index in [0.717, 1.165) is 10.6 Å². The Hall–Kier alpha value is -1.40. The van der Waals surface area contributed by atoms with E-state index in [-0.39, 0.29) is 18.4 Å². The number of nitrogens with zero attached hydrogens (tertiary/aromatic N) is 1. The van der Waals surface area contributed by atoms with E-state index in [1.165, 1.54) is 0 Å². The Labute approximate surface area is 197 Å². The van der Waals surface area contributed by atoms with Crippen LogP contribution in [0.1, 0.15) is 32.3 Å². The second kappa shape index (κ2) is 12.5. The largest absolute Gasteiger partial charge is 0.355 e. The summed E-state index contributed by atoms with van der Waals surface area (Å²) in [5, 5.41) is 4.42. The summed E-state index contributed by atoms with van der Waals surface area (Å²) in [7, 11) is 0. The molecule has 0 saturated carbocycles. The van der Waals surface area contributed by atoms with Crippen LogP contribution in [0.25, 0.3) is 0 Å². The Balaban J connectivity index is 2.04. The van der Waals surface area contributed by atoms with Gasteiger partial charge in [-0.05, 0) is 62.4 Å². The lowest BCUT2D eigenvalue weighted by Crippen LogP contribution is -2.47. The number of amides is 2. The van der Waals surface area contributed by atoms with Gasteiger partial charge in [0.05, 0.1) is 0 Å². The number of carbonyl (C=O) groups is 2. The number of benzene rings is 2. The number of hydrogen-bond acceptors (Lipinski definition) is 3. The highest BCUT2D eigenvalue weighted by Gasteiger charge is 2.26. The predicted octanol–water partition coefficient (Wildman–Crippen LogP) is 6.07. The maximum atomic E-state index is 13.0. The van der Waals surface area contributed by atoms with Crippen molar-refractivity contribution < 1.29 is 9.59 Å². The zero-order chi connectivity index (χ0) is 22.1. The van der Waals surface area contributed by atoms with Crippen LogP contribution in [0.2, 0.25) is 15.1 Å². The fourth-order valence-electron chi connectivity index (χ4n) is 2.85. The summed E-state index contributed by atoms with van der Waals surface area (Å²) in [4.78, 5) is 28.1. The Bertz CT molecular complexity index is 842. The van der Waals surface area contributed by atoms with Crippen molar-refractivity contribution in [1.82, 2.24) is 10.2 Å². The molecule has 0 spiro atoms. The van der Waals surface area contributed by atoms with Crippen molar-refractivity contribution in [3.05, 3.63) is 63.1 Å². The minimum Gasteiger partial charge on any atom is -0.355 e. The highest BCUT2D eigenvalue weighted by Crippen LogP contribution is 2.27. The molecule has 2 aromatic rings. The van der Waals surface area contributed by atoms with Gasteiger partial charge in [-0.2, -0.15) is 0 Å². The number of carbonyl (C=O) groups excluding carboxylic acids is 2. The SMILES string of the molecule is CCNC(=O)C(C)N(Cc1c(Cl)cccc1Cl)C(=O)CCCSc1ccc(Cl)cc1. The average Bonchev–Trinajstić information content (AvgIpc) is 2.72. The topological polar surface area (TPSA) is 49.4 Å². The van der Waals surface area contributed by atoms with Gasteiger partial charge in [0, 0.05) is 45.0 Å². The van der Waals surface area contributed by atoms with Crippen LogP contribution in [0.4, 0.5) is 0 Å². The van der Waals surface area contributed by atoms with E-state index in [4.69, 9.17) is 34.8 Å². The van der Waals surface area contributed by atoms with E-state index < -0.39 is 6.04 Å². The molecule has 0 radical (unpaired) electrons. The molecular weight excluding hydrogens is 463 g/mol. The third-order valence-corrected chi connectivity index (χ3v) is 6.58. The maximum absolute atomic E-state index is 13.0. The summed E-state index contributed by atoms with van der Waals surface area (Å²) < 4.78 is 0. The van der Waals surface area contributed by atoms with Gasteiger partial charge in [-0.1, -0.05) is 40.9 Å². The molecule has 0 bridgehead atoms. The summed E-state index contributed by atoms with van der Waals surface area (Å²) in [6, 6.07) is 12.2. The van der Waals surface area contributed by atoms with Crippen LogP contribution in [0, 0.1) is 0 Å². The number of thioether (sulfide) groups is 1. The van der Waals surface area contributed by atoms with Crippen molar-refractivity contribution in [2.24, 2.45) is 0 Å². The average molecular weight is 488 g/mol. The van der Waals surface area contributed by atoms with Crippen LogP contribution in [0.5, 0.6) is 0 Å². The molecule has 1 N–H and O–H groups in total. The minimum absolute atomic E-state index is 0.110. The van der Waals surface area contributed by atoms with Crippen LogP contribution >= 0.6 is 46.6 Å². The van der Waals surface area contributed by atoms with Gasteiger partial charge in [-0.15, -0.1) is 11.8 Å². The Kier molecular flexibility index (Phi) is 10.3. The van der Waals surface area contributed by atoms with Crippen molar-refractivity contribution in [3.63, 3.8) is 0 Å². The van der Waals surface area contributed by atoms with Crippen molar-refractivity contribution in [1.29, 1.82) is 0 Å². The summed E-state index contributed by atoms with van der Waals surface area (Å²) in [6.07, 6.45) is 1.01. The van der Waals surface area contributed by atoms with Gasteiger partial charge in [0.2, 0.25) is 11.8 Å². The van der Waals surface area contributed by atoms with E-state index in [1.807, 2.05) is 31.2 Å². The highest BCUT2D eigenvalue weighted by molar-refractivity contribution is 7.99. The van der Waals surface area contributed by atoms with Gasteiger partial charge < -0.3 is 10.2 Å². The molecular formula is C22H25Cl3N2O2S. The van der Waals surface area contributed by atoms with Crippen molar-refractivity contribution in [3.8, 4) is 0 Å². The molecule has 8 heteroatoms. The lowest BCUT2D eigenvalue weighted by Gasteiger charge is -2.29. The minimum atomic E-state index is -0.631. The van der Waals surface area contributed by atoms with Crippen molar-refractivity contribution in [2.45, 2.75) is 44.2 Å². The van der Waals surface area contributed by atoms with Crippen LogP contribution in [0.3, 0.4) is 0 Å². The monoisotopic (exact) mass is 486 g/mol. The molecule has 0 heterocycles. The molecule has 1 unspecified atom stereocenters. The molecule has 162 valence electrons. The molecule has 1 atom stereocenters. The van der Waals surface area contributed by atoms with Crippen LogP contribution in [-0.2, 0) is 16.1 Å². The Morgan fingerprint density at radius 2 is 1.70 bits per heavy atom. The van der Waals surface area contributed by atoms with E-state index in [2.05, 4.69) is 5.32 Å². The first-order valence-corrected chi connectivity index (χ1v) is 11.8. The molecule has 0 aliphatic rings. The third-order valence-electron chi connectivity index (χ3n) is 4.53. The van der Waals surface area contributed by atoms with Crippen LogP contribution in [-0.4, -0.2) is 35.1 Å². The molecule has 2 aromatic carbocycles. The van der Waals surface area contributed by atoms with Gasteiger partial charge in [-0.3, -0.25) is 9.59 Å². The molecule has 30 heavy (non-hydrogen) atoms. The standard InChI is InChI=1S/C22H25Cl3N2O2S/c1-3-26-22(29)15(2)27(14-18-19(24)6-4-7-20(18)25)21(28)8-5-13-30-17-11-9-16(23)10-12-17/h4,6-7,9-12,15H,3,5,8,13-14H2,1-2H3,(H,26,29). The van der Waals surface area contributed by atoms with Gasteiger partial charge in [0.15, 0.2) is 0 Å². The zero-order valence-electron chi connectivity index (χ0n) is 17.0. The number of hydrogen-bond donors (Lipinski definition) is 1. The fraction of sp³-hybridized carbons (Fsp3) is 0.364. The van der Waals surface area contributed by atoms with Gasteiger partial charge in [0.25, 0.3) is 0 Å². The van der Waals surface area contributed by atoms with Crippen molar-refractivity contribution >= 4 is 58.4 Å². The second-order valence-electron chi connectivity index (χ2n) is 6.70. The van der Waals surface area contributed by atoms with E-state index in [0.29, 0.717) is 40.0 Å². The molecule has 2 amide bonds. The summed E-state index contributed by atoms with van der Waals surface area (Å²) in [5.41, 5.74) is 0.640. The first-order valence-electron chi connectivity index (χ1n) is 9.72. The Morgan fingerprint density at radius 1 is 1.07 bits per heavy atom.